The number of nitrogens with zero attached hydrogens (tertiary/aromatic N) is 2. The second kappa shape index (κ2) is 8.62. The van der Waals surface area contributed by atoms with Gasteiger partial charge >= 0.3 is 0 Å². The number of methoxy groups -OCH3 is 1. The number of piperidine rings is 1. The van der Waals surface area contributed by atoms with Crippen LogP contribution in [0.5, 0.6) is 5.88 Å². The Labute approximate surface area is 157 Å². The molecule has 0 radical (unpaired) electrons. The van der Waals surface area contributed by atoms with Crippen LogP contribution in [0.4, 0.5) is 4.39 Å². The number of likely N-dealkylation sites (tertiary alicyclic amines) is 1. The van der Waals surface area contributed by atoms with E-state index in [9.17, 15) is 14.0 Å². The molecule has 2 amide bonds. The molecule has 0 saturated carbocycles. The molecule has 142 valence electrons. The number of halogens is 1. The van der Waals surface area contributed by atoms with Gasteiger partial charge in [0, 0.05) is 31.8 Å². The van der Waals surface area contributed by atoms with E-state index in [0.29, 0.717) is 38.2 Å². The van der Waals surface area contributed by atoms with Crippen LogP contribution in [0.15, 0.2) is 42.6 Å². The third kappa shape index (κ3) is 4.81. The lowest BCUT2D eigenvalue weighted by Gasteiger charge is -2.34. The maximum absolute atomic E-state index is 13.1. The van der Waals surface area contributed by atoms with E-state index < -0.39 is 6.04 Å². The lowest BCUT2D eigenvalue weighted by atomic mass is 9.99. The SMILES string of the molecule is COc1cc(CNC(=O)C2CCCC(=O)N2Cc2ccc(F)cc2)ccn1. The smallest absolute Gasteiger partial charge is 0.243 e. The molecule has 0 bridgehead atoms. The van der Waals surface area contributed by atoms with Crippen molar-refractivity contribution >= 4 is 11.8 Å². The van der Waals surface area contributed by atoms with Crippen molar-refractivity contribution in [1.82, 2.24) is 15.2 Å². The second-order valence-electron chi connectivity index (χ2n) is 6.48. The fraction of sp³-hybridized carbons (Fsp3) is 0.350. The Hall–Kier alpha value is -2.96. The fourth-order valence-corrected chi connectivity index (χ4v) is 3.16. The van der Waals surface area contributed by atoms with Crippen LogP contribution in [0.3, 0.4) is 0 Å². The molecule has 1 aromatic carbocycles. The number of ether oxygens (including phenoxy) is 1. The standard InChI is InChI=1S/C20H22FN3O3/c1-27-18-11-15(9-10-22-18)12-23-20(26)17-3-2-4-19(25)24(17)13-14-5-7-16(21)8-6-14/h5-11,17H,2-4,12-13H2,1H3,(H,23,26). The van der Waals surface area contributed by atoms with Crippen molar-refractivity contribution in [2.75, 3.05) is 7.11 Å². The van der Waals surface area contributed by atoms with E-state index in [1.165, 1.54) is 19.2 Å². The first-order valence-corrected chi connectivity index (χ1v) is 8.87. The first-order chi connectivity index (χ1) is 13.1. The summed E-state index contributed by atoms with van der Waals surface area (Å²) < 4.78 is 18.2. The average molecular weight is 371 g/mol. The van der Waals surface area contributed by atoms with Gasteiger partial charge in [-0.3, -0.25) is 9.59 Å². The molecule has 27 heavy (non-hydrogen) atoms. The number of carbonyl (C=O) groups excluding carboxylic acids is 2. The Balaban J connectivity index is 1.66. The minimum absolute atomic E-state index is 0.0590. The molecule has 2 aromatic rings. The number of pyridine rings is 1. The summed E-state index contributed by atoms with van der Waals surface area (Å²) in [5.41, 5.74) is 1.66. The van der Waals surface area contributed by atoms with E-state index in [1.54, 1.807) is 35.4 Å². The quantitative estimate of drug-likeness (QED) is 0.847. The van der Waals surface area contributed by atoms with E-state index in [1.807, 2.05) is 0 Å². The maximum atomic E-state index is 13.1. The molecule has 1 fully saturated rings. The van der Waals surface area contributed by atoms with Gasteiger partial charge in [-0.05, 0) is 42.2 Å². The molecular weight excluding hydrogens is 349 g/mol. The Kier molecular flexibility index (Phi) is 6.01. The van der Waals surface area contributed by atoms with Gasteiger partial charge in [0.05, 0.1) is 7.11 Å². The van der Waals surface area contributed by atoms with Crippen molar-refractivity contribution in [2.24, 2.45) is 0 Å². The van der Waals surface area contributed by atoms with E-state index in [-0.39, 0.29) is 17.6 Å². The molecule has 7 heteroatoms. The number of benzene rings is 1. The molecule has 3 rings (SSSR count). The summed E-state index contributed by atoms with van der Waals surface area (Å²) in [6.45, 7) is 0.618. The van der Waals surface area contributed by atoms with Crippen LogP contribution < -0.4 is 10.1 Å². The Morgan fingerprint density at radius 1 is 1.30 bits per heavy atom. The Morgan fingerprint density at radius 2 is 2.07 bits per heavy atom. The summed E-state index contributed by atoms with van der Waals surface area (Å²) >= 11 is 0. The fourth-order valence-electron chi connectivity index (χ4n) is 3.16. The zero-order chi connectivity index (χ0) is 19.2. The highest BCUT2D eigenvalue weighted by atomic mass is 19.1. The normalized spacial score (nSPS) is 16.9. The Bertz CT molecular complexity index is 810. The molecule has 1 unspecified atom stereocenters. The number of aromatic nitrogens is 1. The number of hydrogen-bond acceptors (Lipinski definition) is 4. The third-order valence-corrected chi connectivity index (χ3v) is 4.61. The van der Waals surface area contributed by atoms with Crippen LogP contribution in [-0.2, 0) is 22.7 Å². The van der Waals surface area contributed by atoms with Gasteiger partial charge in [0.15, 0.2) is 0 Å². The van der Waals surface area contributed by atoms with Crippen molar-refractivity contribution in [2.45, 2.75) is 38.4 Å². The van der Waals surface area contributed by atoms with Gasteiger partial charge in [-0.15, -0.1) is 0 Å². The van der Waals surface area contributed by atoms with Gasteiger partial charge in [-0.25, -0.2) is 9.37 Å². The molecule has 1 aliphatic rings. The minimum Gasteiger partial charge on any atom is -0.481 e. The van der Waals surface area contributed by atoms with E-state index in [0.717, 1.165) is 11.1 Å². The van der Waals surface area contributed by atoms with Crippen molar-refractivity contribution in [1.29, 1.82) is 0 Å². The highest BCUT2D eigenvalue weighted by Gasteiger charge is 2.33. The monoisotopic (exact) mass is 371 g/mol. The summed E-state index contributed by atoms with van der Waals surface area (Å²) in [4.78, 5) is 30.7. The maximum Gasteiger partial charge on any atom is 0.243 e. The van der Waals surface area contributed by atoms with Crippen molar-refractivity contribution in [3.8, 4) is 5.88 Å². The first kappa shape index (κ1) is 18.8. The second-order valence-corrected chi connectivity index (χ2v) is 6.48. The van der Waals surface area contributed by atoms with Gasteiger partial charge in [0.25, 0.3) is 0 Å². The summed E-state index contributed by atoms with van der Waals surface area (Å²) in [6.07, 6.45) is 3.33. The predicted octanol–water partition coefficient (Wildman–Crippen LogP) is 2.43. The summed E-state index contributed by atoms with van der Waals surface area (Å²) in [5, 5.41) is 2.89. The zero-order valence-electron chi connectivity index (χ0n) is 15.2. The molecule has 1 atom stereocenters. The number of rotatable bonds is 6. The first-order valence-electron chi connectivity index (χ1n) is 8.87. The van der Waals surface area contributed by atoms with Crippen LogP contribution in [-0.4, -0.2) is 34.8 Å². The summed E-state index contributed by atoms with van der Waals surface area (Å²) in [5.74, 6) is -0.101. The third-order valence-electron chi connectivity index (χ3n) is 4.61. The van der Waals surface area contributed by atoms with Gasteiger partial charge in [0.2, 0.25) is 17.7 Å². The average Bonchev–Trinajstić information content (AvgIpc) is 2.69. The highest BCUT2D eigenvalue weighted by Crippen LogP contribution is 2.21. The molecule has 0 spiro atoms. The summed E-state index contributed by atoms with van der Waals surface area (Å²) in [7, 11) is 1.53. The molecule has 6 nitrogen and oxygen atoms in total. The predicted molar refractivity (Wildman–Crippen MR) is 97.2 cm³/mol. The van der Waals surface area contributed by atoms with Gasteiger partial charge in [0.1, 0.15) is 11.9 Å². The van der Waals surface area contributed by atoms with Gasteiger partial charge in [-0.2, -0.15) is 0 Å². The molecular formula is C20H22FN3O3. The van der Waals surface area contributed by atoms with E-state index in [4.69, 9.17) is 4.74 Å². The van der Waals surface area contributed by atoms with Crippen molar-refractivity contribution in [3.63, 3.8) is 0 Å². The van der Waals surface area contributed by atoms with Gasteiger partial charge in [-0.1, -0.05) is 12.1 Å². The molecule has 0 aliphatic carbocycles. The van der Waals surface area contributed by atoms with Crippen molar-refractivity contribution in [3.05, 3.63) is 59.5 Å². The van der Waals surface area contributed by atoms with Crippen LogP contribution in [0.2, 0.25) is 0 Å². The number of hydrogen-bond donors (Lipinski definition) is 1. The molecule has 2 heterocycles. The Morgan fingerprint density at radius 3 is 2.81 bits per heavy atom. The lowest BCUT2D eigenvalue weighted by Crippen LogP contribution is -2.51. The molecule has 1 aromatic heterocycles. The topological polar surface area (TPSA) is 71.5 Å². The number of amides is 2. The van der Waals surface area contributed by atoms with Crippen LogP contribution >= 0.6 is 0 Å². The van der Waals surface area contributed by atoms with Crippen LogP contribution in [0.1, 0.15) is 30.4 Å². The van der Waals surface area contributed by atoms with Crippen molar-refractivity contribution < 1.29 is 18.7 Å². The largest absolute Gasteiger partial charge is 0.481 e. The van der Waals surface area contributed by atoms with E-state index in [2.05, 4.69) is 10.3 Å². The van der Waals surface area contributed by atoms with Crippen LogP contribution in [0.25, 0.3) is 0 Å². The minimum atomic E-state index is -0.528. The number of carbonyl (C=O) groups is 2. The lowest BCUT2D eigenvalue weighted by molar-refractivity contribution is -0.144. The van der Waals surface area contributed by atoms with E-state index >= 15 is 0 Å². The van der Waals surface area contributed by atoms with Gasteiger partial charge < -0.3 is 15.0 Å². The number of nitrogens with one attached hydrogen (secondary N) is 1. The molecule has 1 N–H and O–H groups in total. The van der Waals surface area contributed by atoms with Crippen LogP contribution in [0, 0.1) is 5.82 Å². The molecule has 1 aliphatic heterocycles. The summed E-state index contributed by atoms with van der Waals surface area (Å²) in [6, 6.07) is 9.00. The molecule has 1 saturated heterocycles. The zero-order valence-corrected chi connectivity index (χ0v) is 15.2. The highest BCUT2D eigenvalue weighted by molar-refractivity contribution is 5.88.